The van der Waals surface area contributed by atoms with Gasteiger partial charge in [0.25, 0.3) is 0 Å². The lowest BCUT2D eigenvalue weighted by Crippen LogP contribution is -2.24. The van der Waals surface area contributed by atoms with E-state index >= 15 is 0 Å². The molecule has 1 saturated carbocycles. The molecule has 2 rings (SSSR count). The van der Waals surface area contributed by atoms with Crippen LogP contribution >= 0.6 is 11.6 Å². The van der Waals surface area contributed by atoms with Gasteiger partial charge in [0, 0.05) is 23.3 Å². The molecule has 1 aromatic rings. The number of rotatable bonds is 5. The third kappa shape index (κ3) is 2.50. The maximum atomic E-state index is 6.25. The van der Waals surface area contributed by atoms with Crippen molar-refractivity contribution in [1.82, 2.24) is 0 Å². The van der Waals surface area contributed by atoms with Crippen molar-refractivity contribution in [3.05, 3.63) is 28.8 Å². The third-order valence-corrected chi connectivity index (χ3v) is 3.46. The van der Waals surface area contributed by atoms with E-state index < -0.39 is 0 Å². The molecule has 3 heteroatoms. The Balaban J connectivity index is 2.18. The van der Waals surface area contributed by atoms with Crippen LogP contribution in [0.4, 0.5) is 5.69 Å². The summed E-state index contributed by atoms with van der Waals surface area (Å²) in [5.74, 6) is 0. The molecule has 0 radical (unpaired) electrons. The molecule has 1 aliphatic rings. The van der Waals surface area contributed by atoms with Crippen LogP contribution in [0, 0.1) is 0 Å². The van der Waals surface area contributed by atoms with Crippen LogP contribution in [0.25, 0.3) is 0 Å². The van der Waals surface area contributed by atoms with Crippen molar-refractivity contribution in [2.75, 3.05) is 18.0 Å². The number of halogens is 1. The van der Waals surface area contributed by atoms with Crippen LogP contribution in [-0.4, -0.2) is 19.1 Å². The Bertz CT molecular complexity index is 361. The second-order valence-corrected chi connectivity index (χ2v) is 4.74. The predicted molar refractivity (Wildman–Crippen MR) is 70.3 cm³/mol. The van der Waals surface area contributed by atoms with Gasteiger partial charge in [0.2, 0.25) is 0 Å². The van der Waals surface area contributed by atoms with E-state index in [-0.39, 0.29) is 0 Å². The highest BCUT2D eigenvalue weighted by molar-refractivity contribution is 6.31. The number of anilines is 1. The second-order valence-electron chi connectivity index (χ2n) is 4.33. The van der Waals surface area contributed by atoms with Crippen LogP contribution in [0.15, 0.2) is 18.2 Å². The van der Waals surface area contributed by atoms with Crippen molar-refractivity contribution in [2.24, 2.45) is 5.73 Å². The van der Waals surface area contributed by atoms with Crippen LogP contribution in [-0.2, 0) is 6.42 Å². The molecule has 1 fully saturated rings. The minimum Gasteiger partial charge on any atom is -0.369 e. The van der Waals surface area contributed by atoms with Gasteiger partial charge in [-0.1, -0.05) is 17.7 Å². The minimum atomic E-state index is 0.652. The smallest absolute Gasteiger partial charge is 0.0459 e. The molecule has 0 atom stereocenters. The number of nitrogens with two attached hydrogens (primary N) is 1. The second kappa shape index (κ2) is 5.07. The Morgan fingerprint density at radius 3 is 2.69 bits per heavy atom. The van der Waals surface area contributed by atoms with Crippen molar-refractivity contribution < 1.29 is 0 Å². The fraction of sp³-hybridized carbons (Fsp3) is 0.538. The van der Waals surface area contributed by atoms with Crippen molar-refractivity contribution in [2.45, 2.75) is 32.2 Å². The predicted octanol–water partition coefficient (Wildman–Crippen LogP) is 2.83. The molecular weight excluding hydrogens is 220 g/mol. The highest BCUT2D eigenvalue weighted by Gasteiger charge is 2.28. The molecule has 0 unspecified atom stereocenters. The summed E-state index contributed by atoms with van der Waals surface area (Å²) < 4.78 is 0. The van der Waals surface area contributed by atoms with Crippen LogP contribution in [0.3, 0.4) is 0 Å². The van der Waals surface area contributed by atoms with E-state index in [4.69, 9.17) is 17.3 Å². The van der Waals surface area contributed by atoms with Crippen molar-refractivity contribution in [3.8, 4) is 0 Å². The van der Waals surface area contributed by atoms with Gasteiger partial charge in [0.1, 0.15) is 0 Å². The lowest BCUT2D eigenvalue weighted by molar-refractivity contribution is 0.825. The lowest BCUT2D eigenvalue weighted by Gasteiger charge is -2.23. The van der Waals surface area contributed by atoms with Crippen molar-refractivity contribution in [3.63, 3.8) is 0 Å². The zero-order chi connectivity index (χ0) is 11.5. The largest absolute Gasteiger partial charge is 0.369 e. The van der Waals surface area contributed by atoms with Crippen LogP contribution in [0.2, 0.25) is 5.02 Å². The van der Waals surface area contributed by atoms with E-state index in [1.807, 2.05) is 0 Å². The zero-order valence-electron chi connectivity index (χ0n) is 9.75. The molecule has 0 aliphatic heterocycles. The van der Waals surface area contributed by atoms with Crippen LogP contribution in [0.5, 0.6) is 0 Å². The average Bonchev–Trinajstić information content (AvgIpc) is 3.07. The van der Waals surface area contributed by atoms with Gasteiger partial charge in [-0.15, -0.1) is 0 Å². The first-order valence-electron chi connectivity index (χ1n) is 6.01. The summed E-state index contributed by atoms with van der Waals surface area (Å²) in [5.41, 5.74) is 7.94. The molecule has 2 nitrogen and oxygen atoms in total. The molecule has 0 spiro atoms. The summed E-state index contributed by atoms with van der Waals surface area (Å²) in [4.78, 5) is 2.43. The van der Waals surface area contributed by atoms with Gasteiger partial charge in [0.15, 0.2) is 0 Å². The van der Waals surface area contributed by atoms with E-state index in [2.05, 4.69) is 30.0 Å². The Labute approximate surface area is 102 Å². The van der Waals surface area contributed by atoms with E-state index in [0.29, 0.717) is 6.54 Å². The van der Waals surface area contributed by atoms with Crippen molar-refractivity contribution in [1.29, 1.82) is 0 Å². The molecular formula is C13H19ClN2. The standard InChI is InChI=1S/C13H19ClN2/c1-2-16(11-5-6-11)12-4-3-10(7-8-15)13(14)9-12/h3-4,9,11H,2,5-8,15H2,1H3. The number of hydrogen-bond donors (Lipinski definition) is 1. The molecule has 88 valence electrons. The van der Waals surface area contributed by atoms with Crippen molar-refractivity contribution >= 4 is 17.3 Å². The molecule has 2 N–H and O–H groups in total. The van der Waals surface area contributed by atoms with Crippen LogP contribution < -0.4 is 10.6 Å². The summed E-state index contributed by atoms with van der Waals surface area (Å²) in [6.45, 7) is 3.90. The quantitative estimate of drug-likeness (QED) is 0.855. The molecule has 1 aromatic carbocycles. The van der Waals surface area contributed by atoms with E-state index in [0.717, 1.165) is 29.6 Å². The maximum Gasteiger partial charge on any atom is 0.0459 e. The van der Waals surface area contributed by atoms with Gasteiger partial charge < -0.3 is 10.6 Å². The lowest BCUT2D eigenvalue weighted by atomic mass is 10.1. The topological polar surface area (TPSA) is 29.3 Å². The SMILES string of the molecule is CCN(c1ccc(CCN)c(Cl)c1)C1CC1. The summed E-state index contributed by atoms with van der Waals surface area (Å²) in [5, 5.41) is 0.849. The highest BCUT2D eigenvalue weighted by Crippen LogP contribution is 2.33. The van der Waals surface area contributed by atoms with E-state index in [9.17, 15) is 0 Å². The monoisotopic (exact) mass is 238 g/mol. The van der Waals surface area contributed by atoms with Gasteiger partial charge >= 0.3 is 0 Å². The summed E-state index contributed by atoms with van der Waals surface area (Å²) >= 11 is 6.25. The summed E-state index contributed by atoms with van der Waals surface area (Å²) in [7, 11) is 0. The number of benzene rings is 1. The Morgan fingerprint density at radius 2 is 2.19 bits per heavy atom. The molecule has 0 bridgehead atoms. The van der Waals surface area contributed by atoms with E-state index in [1.165, 1.54) is 18.5 Å². The van der Waals surface area contributed by atoms with Gasteiger partial charge in [-0.25, -0.2) is 0 Å². The molecule has 1 aliphatic carbocycles. The van der Waals surface area contributed by atoms with Gasteiger partial charge in [-0.3, -0.25) is 0 Å². The zero-order valence-corrected chi connectivity index (χ0v) is 10.5. The van der Waals surface area contributed by atoms with Gasteiger partial charge in [-0.2, -0.15) is 0 Å². The molecule has 16 heavy (non-hydrogen) atoms. The minimum absolute atomic E-state index is 0.652. The summed E-state index contributed by atoms with van der Waals surface area (Å²) in [6, 6.07) is 7.09. The Kier molecular flexibility index (Phi) is 3.72. The average molecular weight is 239 g/mol. The fourth-order valence-electron chi connectivity index (χ4n) is 2.11. The number of nitrogens with zero attached hydrogens (tertiary/aromatic N) is 1. The van der Waals surface area contributed by atoms with E-state index in [1.54, 1.807) is 0 Å². The highest BCUT2D eigenvalue weighted by atomic mass is 35.5. The first-order chi connectivity index (χ1) is 7.76. The first kappa shape index (κ1) is 11.7. The Morgan fingerprint density at radius 1 is 1.44 bits per heavy atom. The van der Waals surface area contributed by atoms with Gasteiger partial charge in [-0.05, 0) is 50.4 Å². The fourth-order valence-corrected chi connectivity index (χ4v) is 2.38. The molecule has 0 heterocycles. The normalized spacial score (nSPS) is 15.2. The molecule has 0 aromatic heterocycles. The summed E-state index contributed by atoms with van der Waals surface area (Å²) in [6.07, 6.45) is 3.49. The molecule has 0 saturated heterocycles. The van der Waals surface area contributed by atoms with Gasteiger partial charge in [0.05, 0.1) is 0 Å². The first-order valence-corrected chi connectivity index (χ1v) is 6.39. The number of hydrogen-bond acceptors (Lipinski definition) is 2. The third-order valence-electron chi connectivity index (χ3n) is 3.11. The Hall–Kier alpha value is -0.730. The molecule has 0 amide bonds. The van der Waals surface area contributed by atoms with Crippen LogP contribution in [0.1, 0.15) is 25.3 Å². The maximum absolute atomic E-state index is 6.25.